The molecule has 10 heteroatoms. The minimum absolute atomic E-state index is 0.0593. The molecule has 3 rings (SSSR count). The molecule has 1 amide bonds. The molecule has 0 aliphatic carbocycles. The van der Waals surface area contributed by atoms with Crippen LogP contribution in [-0.2, 0) is 19.1 Å². The first-order chi connectivity index (χ1) is 14.5. The van der Waals surface area contributed by atoms with Crippen LogP contribution in [0.1, 0.15) is 46.6 Å². The lowest BCUT2D eigenvalue weighted by Crippen LogP contribution is -2.47. The standard InChI is InChI=1S/C21H25BrFN3O5/c1-5-30-19(28)17(26-11-13-14(23)9-12(22)10-15(13)24-26)18(27)16-7-6-8-25(16)20(29)31-21(2,3)4/h9-11,16-17H,5-8H2,1-4H3/t16-,17?/m0/s1. The molecule has 1 saturated heterocycles. The summed E-state index contributed by atoms with van der Waals surface area (Å²) in [6.45, 7) is 7.23. The molecule has 0 bridgehead atoms. The summed E-state index contributed by atoms with van der Waals surface area (Å²) < 4.78 is 26.5. The van der Waals surface area contributed by atoms with Gasteiger partial charge in [0.2, 0.25) is 6.04 Å². The summed E-state index contributed by atoms with van der Waals surface area (Å²) in [5.41, 5.74) is -0.442. The maximum atomic E-state index is 14.3. The maximum absolute atomic E-state index is 14.3. The number of benzene rings is 1. The summed E-state index contributed by atoms with van der Waals surface area (Å²) in [6, 6.07) is 0.549. The van der Waals surface area contributed by atoms with E-state index in [0.29, 0.717) is 23.9 Å². The van der Waals surface area contributed by atoms with Crippen molar-refractivity contribution in [2.24, 2.45) is 0 Å². The lowest BCUT2D eigenvalue weighted by molar-refractivity contribution is -0.152. The van der Waals surface area contributed by atoms with E-state index in [1.807, 2.05) is 0 Å². The van der Waals surface area contributed by atoms with E-state index in [1.54, 1.807) is 33.8 Å². The highest BCUT2D eigenvalue weighted by Gasteiger charge is 2.43. The molecule has 31 heavy (non-hydrogen) atoms. The van der Waals surface area contributed by atoms with Crippen LogP contribution in [0.3, 0.4) is 0 Å². The van der Waals surface area contributed by atoms with E-state index in [9.17, 15) is 18.8 Å². The molecule has 0 saturated carbocycles. The molecule has 0 radical (unpaired) electrons. The van der Waals surface area contributed by atoms with Gasteiger partial charge in [-0.3, -0.25) is 9.69 Å². The fraction of sp³-hybridized carbons (Fsp3) is 0.524. The Hall–Kier alpha value is -2.49. The number of Topliss-reactive ketones (excluding diaryl/α,β-unsaturated/α-hetero) is 1. The molecular weight excluding hydrogens is 473 g/mol. The van der Waals surface area contributed by atoms with Crippen molar-refractivity contribution in [2.45, 2.75) is 58.2 Å². The van der Waals surface area contributed by atoms with Gasteiger partial charge in [0.05, 0.1) is 23.6 Å². The first-order valence-electron chi connectivity index (χ1n) is 10.1. The zero-order valence-corrected chi connectivity index (χ0v) is 19.4. The van der Waals surface area contributed by atoms with Gasteiger partial charge in [0.25, 0.3) is 0 Å². The average molecular weight is 498 g/mol. The van der Waals surface area contributed by atoms with Crippen LogP contribution in [0.4, 0.5) is 9.18 Å². The Morgan fingerprint density at radius 2 is 2.03 bits per heavy atom. The van der Waals surface area contributed by atoms with Gasteiger partial charge in [-0.25, -0.2) is 18.7 Å². The van der Waals surface area contributed by atoms with Crippen LogP contribution in [0.2, 0.25) is 0 Å². The maximum Gasteiger partial charge on any atom is 0.410 e. The number of hydrogen-bond donors (Lipinski definition) is 0. The number of nitrogens with zero attached hydrogens (tertiary/aromatic N) is 3. The molecule has 1 aliphatic heterocycles. The van der Waals surface area contributed by atoms with Gasteiger partial charge >= 0.3 is 12.1 Å². The van der Waals surface area contributed by atoms with Crippen molar-refractivity contribution in [1.29, 1.82) is 0 Å². The van der Waals surface area contributed by atoms with Crippen LogP contribution >= 0.6 is 15.9 Å². The average Bonchev–Trinajstić information content (AvgIpc) is 3.27. The summed E-state index contributed by atoms with van der Waals surface area (Å²) in [7, 11) is 0. The Balaban J connectivity index is 1.97. The molecule has 1 aromatic carbocycles. The second-order valence-electron chi connectivity index (χ2n) is 8.32. The smallest absolute Gasteiger partial charge is 0.410 e. The van der Waals surface area contributed by atoms with E-state index >= 15 is 0 Å². The van der Waals surface area contributed by atoms with Crippen LogP contribution < -0.4 is 0 Å². The Kier molecular flexibility index (Phi) is 6.68. The second-order valence-corrected chi connectivity index (χ2v) is 9.23. The van der Waals surface area contributed by atoms with Gasteiger partial charge in [0, 0.05) is 17.2 Å². The van der Waals surface area contributed by atoms with Gasteiger partial charge in [-0.15, -0.1) is 0 Å². The van der Waals surface area contributed by atoms with Crippen molar-refractivity contribution in [3.05, 3.63) is 28.6 Å². The molecule has 2 atom stereocenters. The third kappa shape index (κ3) is 5.06. The van der Waals surface area contributed by atoms with Crippen LogP contribution in [0, 0.1) is 5.82 Å². The number of aromatic nitrogens is 2. The van der Waals surface area contributed by atoms with Crippen molar-refractivity contribution in [3.8, 4) is 0 Å². The number of ketones is 1. The van der Waals surface area contributed by atoms with Crippen molar-refractivity contribution < 1.29 is 28.2 Å². The minimum atomic E-state index is -1.45. The summed E-state index contributed by atoms with van der Waals surface area (Å²) >= 11 is 3.21. The van der Waals surface area contributed by atoms with Gasteiger partial charge in [0.1, 0.15) is 11.4 Å². The molecule has 2 heterocycles. The van der Waals surface area contributed by atoms with E-state index in [0.717, 1.165) is 4.68 Å². The highest BCUT2D eigenvalue weighted by molar-refractivity contribution is 9.10. The molecule has 1 unspecified atom stereocenters. The number of halogens is 2. The zero-order chi connectivity index (χ0) is 22.9. The SMILES string of the molecule is CCOC(=O)C(C(=O)[C@@H]1CCCN1C(=O)OC(C)(C)C)n1cc2c(F)cc(Br)cc2n1. The van der Waals surface area contributed by atoms with Crippen molar-refractivity contribution in [3.63, 3.8) is 0 Å². The number of amides is 1. The normalized spacial score (nSPS) is 17.6. The Morgan fingerprint density at radius 1 is 1.32 bits per heavy atom. The number of carbonyl (C=O) groups excluding carboxylic acids is 3. The van der Waals surface area contributed by atoms with Crippen LogP contribution in [-0.4, -0.2) is 57.3 Å². The Morgan fingerprint density at radius 3 is 2.68 bits per heavy atom. The number of carbonyl (C=O) groups is 3. The summed E-state index contributed by atoms with van der Waals surface area (Å²) in [6.07, 6.45) is 1.66. The number of esters is 1. The highest BCUT2D eigenvalue weighted by atomic mass is 79.9. The highest BCUT2D eigenvalue weighted by Crippen LogP contribution is 2.28. The van der Waals surface area contributed by atoms with Gasteiger partial charge in [-0.2, -0.15) is 5.10 Å². The van der Waals surface area contributed by atoms with E-state index < -0.39 is 41.3 Å². The number of rotatable bonds is 5. The van der Waals surface area contributed by atoms with Gasteiger partial charge in [-0.05, 0) is 52.7 Å². The molecule has 1 aliphatic rings. The van der Waals surface area contributed by atoms with E-state index in [2.05, 4.69) is 21.0 Å². The van der Waals surface area contributed by atoms with Crippen LogP contribution in [0.25, 0.3) is 10.9 Å². The molecule has 8 nitrogen and oxygen atoms in total. The first-order valence-corrected chi connectivity index (χ1v) is 10.8. The first kappa shape index (κ1) is 23.2. The van der Waals surface area contributed by atoms with Gasteiger partial charge < -0.3 is 9.47 Å². The molecule has 168 valence electrons. The number of hydrogen-bond acceptors (Lipinski definition) is 6. The zero-order valence-electron chi connectivity index (χ0n) is 17.9. The van der Waals surface area contributed by atoms with Gasteiger partial charge in [-0.1, -0.05) is 15.9 Å². The largest absolute Gasteiger partial charge is 0.464 e. The number of ether oxygens (including phenoxy) is 2. The molecule has 1 fully saturated rings. The fourth-order valence-corrected chi connectivity index (χ4v) is 3.98. The molecule has 2 aromatic rings. The number of fused-ring (bicyclic) bond motifs is 1. The summed E-state index contributed by atoms with van der Waals surface area (Å²) in [5, 5.41) is 4.42. The van der Waals surface area contributed by atoms with E-state index in [4.69, 9.17) is 9.47 Å². The molecule has 0 spiro atoms. The van der Waals surface area contributed by atoms with E-state index in [1.165, 1.54) is 17.2 Å². The minimum Gasteiger partial charge on any atom is -0.464 e. The number of likely N-dealkylation sites (tertiary alicyclic amines) is 1. The van der Waals surface area contributed by atoms with Crippen LogP contribution in [0.15, 0.2) is 22.8 Å². The Bertz CT molecular complexity index is 1020. The fourth-order valence-electron chi connectivity index (χ4n) is 3.56. The predicted octanol–water partition coefficient (Wildman–Crippen LogP) is 4.01. The Labute approximate surface area is 187 Å². The molecule has 0 N–H and O–H groups in total. The lowest BCUT2D eigenvalue weighted by Gasteiger charge is -2.29. The topological polar surface area (TPSA) is 90.7 Å². The molecule has 1 aromatic heterocycles. The predicted molar refractivity (Wildman–Crippen MR) is 114 cm³/mol. The van der Waals surface area contributed by atoms with Crippen molar-refractivity contribution in [2.75, 3.05) is 13.2 Å². The monoisotopic (exact) mass is 497 g/mol. The quantitative estimate of drug-likeness (QED) is 0.457. The molecular formula is C21H25BrFN3O5. The van der Waals surface area contributed by atoms with Crippen LogP contribution in [0.5, 0.6) is 0 Å². The van der Waals surface area contributed by atoms with Gasteiger partial charge in [0.15, 0.2) is 5.78 Å². The third-order valence-corrected chi connectivity index (χ3v) is 5.27. The third-order valence-electron chi connectivity index (χ3n) is 4.81. The second kappa shape index (κ2) is 8.94. The van der Waals surface area contributed by atoms with E-state index in [-0.39, 0.29) is 17.5 Å². The van der Waals surface area contributed by atoms with Crippen molar-refractivity contribution >= 4 is 44.7 Å². The summed E-state index contributed by atoms with van der Waals surface area (Å²) in [4.78, 5) is 40.1. The van der Waals surface area contributed by atoms with Crippen molar-refractivity contribution in [1.82, 2.24) is 14.7 Å². The summed E-state index contributed by atoms with van der Waals surface area (Å²) in [5.74, 6) is -1.90. The lowest BCUT2D eigenvalue weighted by atomic mass is 10.0.